The monoisotopic (exact) mass is 398 g/mol. The summed E-state index contributed by atoms with van der Waals surface area (Å²) in [6.07, 6.45) is 4.10. The van der Waals surface area contributed by atoms with Crippen LogP contribution in [0.1, 0.15) is 33.6 Å². The van der Waals surface area contributed by atoms with Crippen LogP contribution in [0.15, 0.2) is 42.7 Å². The van der Waals surface area contributed by atoms with Crippen LogP contribution in [0.4, 0.5) is 10.5 Å². The van der Waals surface area contributed by atoms with E-state index < -0.39 is 5.60 Å². The van der Waals surface area contributed by atoms with E-state index in [2.05, 4.69) is 15.3 Å². The lowest BCUT2D eigenvalue weighted by Gasteiger charge is -2.32. The molecule has 0 spiro atoms. The third-order valence-electron chi connectivity index (χ3n) is 4.39. The summed E-state index contributed by atoms with van der Waals surface area (Å²) >= 11 is 0. The molecule has 1 aliphatic heterocycles. The number of benzene rings is 1. The molecule has 2 aromatic rings. The van der Waals surface area contributed by atoms with Gasteiger partial charge in [-0.05, 0) is 63.9 Å². The third kappa shape index (κ3) is 6.17. The summed E-state index contributed by atoms with van der Waals surface area (Å²) in [4.78, 5) is 34.3. The molecule has 0 radical (unpaired) electrons. The molecule has 0 saturated carbocycles. The lowest BCUT2D eigenvalue weighted by Crippen LogP contribution is -2.43. The zero-order valence-electron chi connectivity index (χ0n) is 16.9. The molecule has 29 heavy (non-hydrogen) atoms. The number of aromatic nitrogens is 2. The Bertz CT molecular complexity index is 826. The lowest BCUT2D eigenvalue weighted by molar-refractivity contribution is -0.121. The van der Waals surface area contributed by atoms with Gasteiger partial charge in [0.2, 0.25) is 5.91 Å². The SMILES string of the molecule is CC(C)(C)OC(=O)N1CCC(C(=O)Nc2ccc(Oc3ncccn3)cc2)CC1. The van der Waals surface area contributed by atoms with Crippen molar-refractivity contribution in [2.45, 2.75) is 39.2 Å². The number of amides is 2. The van der Waals surface area contributed by atoms with Gasteiger partial charge in [-0.15, -0.1) is 0 Å². The fraction of sp³-hybridized carbons (Fsp3) is 0.429. The highest BCUT2D eigenvalue weighted by molar-refractivity contribution is 5.92. The molecule has 154 valence electrons. The normalized spacial score (nSPS) is 14.9. The molecule has 2 amide bonds. The second kappa shape index (κ2) is 8.89. The quantitative estimate of drug-likeness (QED) is 0.841. The van der Waals surface area contributed by atoms with Crippen LogP contribution >= 0.6 is 0 Å². The summed E-state index contributed by atoms with van der Waals surface area (Å²) in [5, 5.41) is 2.92. The van der Waals surface area contributed by atoms with Gasteiger partial charge in [-0.2, -0.15) is 0 Å². The van der Waals surface area contributed by atoms with E-state index in [1.54, 1.807) is 47.6 Å². The van der Waals surface area contributed by atoms with Crippen molar-refractivity contribution in [1.82, 2.24) is 14.9 Å². The molecule has 1 aromatic heterocycles. The number of hydrogen-bond donors (Lipinski definition) is 1. The first-order valence-corrected chi connectivity index (χ1v) is 9.64. The van der Waals surface area contributed by atoms with Gasteiger partial charge in [0.25, 0.3) is 0 Å². The highest BCUT2D eigenvalue weighted by Gasteiger charge is 2.29. The number of hydrogen-bond acceptors (Lipinski definition) is 6. The van der Waals surface area contributed by atoms with Crippen molar-refractivity contribution < 1.29 is 19.1 Å². The molecule has 1 saturated heterocycles. The Kier molecular flexibility index (Phi) is 6.31. The molecule has 8 heteroatoms. The lowest BCUT2D eigenvalue weighted by atomic mass is 9.96. The van der Waals surface area contributed by atoms with Crippen LogP contribution in [0, 0.1) is 5.92 Å². The molecule has 1 aromatic carbocycles. The van der Waals surface area contributed by atoms with E-state index in [-0.39, 0.29) is 23.9 Å². The van der Waals surface area contributed by atoms with Crippen LogP contribution in [-0.2, 0) is 9.53 Å². The van der Waals surface area contributed by atoms with Crippen molar-refractivity contribution in [1.29, 1.82) is 0 Å². The maximum atomic E-state index is 12.6. The molecule has 0 aliphatic carbocycles. The smallest absolute Gasteiger partial charge is 0.410 e. The van der Waals surface area contributed by atoms with Crippen LogP contribution in [0.25, 0.3) is 0 Å². The van der Waals surface area contributed by atoms with Gasteiger partial charge in [0.1, 0.15) is 11.4 Å². The average Bonchev–Trinajstić information content (AvgIpc) is 2.69. The Morgan fingerprint density at radius 1 is 1.07 bits per heavy atom. The summed E-state index contributed by atoms with van der Waals surface area (Å²) in [7, 11) is 0. The average molecular weight is 398 g/mol. The Labute approximate surface area is 170 Å². The van der Waals surface area contributed by atoms with E-state index in [0.29, 0.717) is 37.4 Å². The Hall–Kier alpha value is -3.16. The number of likely N-dealkylation sites (tertiary alicyclic amines) is 1. The molecule has 0 unspecified atom stereocenters. The molecular weight excluding hydrogens is 372 g/mol. The largest absolute Gasteiger partial charge is 0.444 e. The molecule has 0 atom stereocenters. The maximum Gasteiger partial charge on any atom is 0.410 e. The number of anilines is 1. The second-order valence-electron chi connectivity index (χ2n) is 7.89. The minimum absolute atomic E-state index is 0.0473. The topological polar surface area (TPSA) is 93.7 Å². The van der Waals surface area contributed by atoms with E-state index in [1.807, 2.05) is 20.8 Å². The summed E-state index contributed by atoms with van der Waals surface area (Å²) in [5.41, 5.74) is 0.166. The van der Waals surface area contributed by atoms with Crippen LogP contribution in [0.3, 0.4) is 0 Å². The predicted molar refractivity (Wildman–Crippen MR) is 108 cm³/mol. The summed E-state index contributed by atoms with van der Waals surface area (Å²) in [5.74, 6) is 0.399. The second-order valence-corrected chi connectivity index (χ2v) is 7.89. The molecule has 8 nitrogen and oxygen atoms in total. The standard InChI is InChI=1S/C21H26N4O4/c1-21(2,3)29-20(27)25-13-9-15(10-14-25)18(26)24-16-5-7-17(8-6-16)28-19-22-11-4-12-23-19/h4-8,11-12,15H,9-10,13-14H2,1-3H3,(H,24,26). The number of ether oxygens (including phenoxy) is 2. The van der Waals surface area contributed by atoms with Crippen molar-refractivity contribution in [2.75, 3.05) is 18.4 Å². The van der Waals surface area contributed by atoms with E-state index in [9.17, 15) is 9.59 Å². The third-order valence-corrected chi connectivity index (χ3v) is 4.39. The van der Waals surface area contributed by atoms with Crippen LogP contribution in [0.2, 0.25) is 0 Å². The van der Waals surface area contributed by atoms with Gasteiger partial charge >= 0.3 is 12.1 Å². The van der Waals surface area contributed by atoms with Gasteiger partial charge in [0, 0.05) is 37.1 Å². The molecule has 1 fully saturated rings. The molecular formula is C21H26N4O4. The van der Waals surface area contributed by atoms with Crippen molar-refractivity contribution in [3.8, 4) is 11.8 Å². The zero-order chi connectivity index (χ0) is 20.9. The fourth-order valence-electron chi connectivity index (χ4n) is 2.94. The molecule has 3 rings (SSSR count). The van der Waals surface area contributed by atoms with E-state index >= 15 is 0 Å². The summed E-state index contributed by atoms with van der Waals surface area (Å²) < 4.78 is 10.9. The zero-order valence-corrected chi connectivity index (χ0v) is 16.9. The Morgan fingerprint density at radius 3 is 2.28 bits per heavy atom. The highest BCUT2D eigenvalue weighted by Crippen LogP contribution is 2.23. The molecule has 2 heterocycles. The van der Waals surface area contributed by atoms with Gasteiger partial charge in [-0.3, -0.25) is 4.79 Å². The van der Waals surface area contributed by atoms with E-state index in [0.717, 1.165) is 0 Å². The number of nitrogens with zero attached hydrogens (tertiary/aromatic N) is 3. The predicted octanol–water partition coefficient (Wildman–Crippen LogP) is 3.85. The number of carbonyl (C=O) groups is 2. The van der Waals surface area contributed by atoms with Gasteiger partial charge in [-0.25, -0.2) is 14.8 Å². The van der Waals surface area contributed by atoms with Gasteiger partial charge < -0.3 is 19.7 Å². The first-order valence-electron chi connectivity index (χ1n) is 9.64. The first-order chi connectivity index (χ1) is 13.8. The van der Waals surface area contributed by atoms with Gasteiger partial charge in [-0.1, -0.05) is 0 Å². The minimum atomic E-state index is -0.520. The van der Waals surface area contributed by atoms with Crippen LogP contribution < -0.4 is 10.1 Å². The number of piperidine rings is 1. The van der Waals surface area contributed by atoms with Crippen molar-refractivity contribution >= 4 is 17.7 Å². The van der Waals surface area contributed by atoms with E-state index in [4.69, 9.17) is 9.47 Å². The van der Waals surface area contributed by atoms with E-state index in [1.165, 1.54) is 0 Å². The van der Waals surface area contributed by atoms with Crippen molar-refractivity contribution in [3.05, 3.63) is 42.7 Å². The summed E-state index contributed by atoms with van der Waals surface area (Å²) in [6.45, 7) is 6.55. The maximum absolute atomic E-state index is 12.6. The first kappa shape index (κ1) is 20.6. The Morgan fingerprint density at radius 2 is 1.69 bits per heavy atom. The van der Waals surface area contributed by atoms with Gasteiger partial charge in [0.05, 0.1) is 0 Å². The number of carbonyl (C=O) groups excluding carboxylic acids is 2. The van der Waals surface area contributed by atoms with Crippen molar-refractivity contribution in [2.24, 2.45) is 5.92 Å². The van der Waals surface area contributed by atoms with Gasteiger partial charge in [0.15, 0.2) is 0 Å². The number of rotatable bonds is 4. The fourth-order valence-corrected chi connectivity index (χ4v) is 2.94. The molecule has 1 aliphatic rings. The number of nitrogens with one attached hydrogen (secondary N) is 1. The summed E-state index contributed by atoms with van der Waals surface area (Å²) in [6, 6.07) is 9.01. The van der Waals surface area contributed by atoms with Crippen LogP contribution in [0.5, 0.6) is 11.8 Å². The Balaban J connectivity index is 1.48. The molecule has 1 N–H and O–H groups in total. The van der Waals surface area contributed by atoms with Crippen LogP contribution in [-0.4, -0.2) is 45.6 Å². The highest BCUT2D eigenvalue weighted by atomic mass is 16.6. The minimum Gasteiger partial charge on any atom is -0.444 e. The van der Waals surface area contributed by atoms with Crippen molar-refractivity contribution in [3.63, 3.8) is 0 Å². The molecule has 0 bridgehead atoms.